The lowest BCUT2D eigenvalue weighted by molar-refractivity contribution is 0.261. The molecule has 2 aromatic carbocycles. The molecular formula is C23H25NO. The topological polar surface area (TPSA) is 21.6 Å². The average Bonchev–Trinajstić information content (AvgIpc) is 3.09. The fourth-order valence-corrected chi connectivity index (χ4v) is 5.04. The van der Waals surface area contributed by atoms with Crippen LogP contribution in [0.3, 0.4) is 0 Å². The molecule has 128 valence electrons. The van der Waals surface area contributed by atoms with Gasteiger partial charge in [-0.2, -0.15) is 0 Å². The molecule has 5 rings (SSSR count). The summed E-state index contributed by atoms with van der Waals surface area (Å²) < 4.78 is 6.30. The van der Waals surface area contributed by atoms with Crippen molar-refractivity contribution < 1.29 is 4.74 Å². The Morgan fingerprint density at radius 2 is 1.76 bits per heavy atom. The first-order valence-electron chi connectivity index (χ1n) is 9.57. The minimum absolute atomic E-state index is 0.126. The summed E-state index contributed by atoms with van der Waals surface area (Å²) in [5.41, 5.74) is 6.83. The van der Waals surface area contributed by atoms with Gasteiger partial charge in [-0.15, -0.1) is 0 Å². The van der Waals surface area contributed by atoms with E-state index in [4.69, 9.17) is 9.73 Å². The smallest absolute Gasteiger partial charge is 0.199 e. The van der Waals surface area contributed by atoms with Crippen LogP contribution >= 0.6 is 0 Å². The number of hydrogen-bond acceptors (Lipinski definition) is 2. The molecule has 0 fully saturated rings. The summed E-state index contributed by atoms with van der Waals surface area (Å²) >= 11 is 0. The highest BCUT2D eigenvalue weighted by molar-refractivity contribution is 6.02. The van der Waals surface area contributed by atoms with Crippen LogP contribution in [0.5, 0.6) is 0 Å². The summed E-state index contributed by atoms with van der Waals surface area (Å²) in [5.74, 6) is 0.957. The van der Waals surface area contributed by atoms with Crippen molar-refractivity contribution in [1.82, 2.24) is 0 Å². The van der Waals surface area contributed by atoms with Crippen LogP contribution in [0.2, 0.25) is 0 Å². The Morgan fingerprint density at radius 3 is 2.60 bits per heavy atom. The summed E-state index contributed by atoms with van der Waals surface area (Å²) in [6.07, 6.45) is 6.05. The van der Waals surface area contributed by atoms with E-state index in [1.165, 1.54) is 47.1 Å². The number of rotatable bonds is 1. The van der Waals surface area contributed by atoms with Crippen molar-refractivity contribution in [2.45, 2.75) is 56.9 Å². The van der Waals surface area contributed by atoms with E-state index in [1.807, 2.05) is 0 Å². The van der Waals surface area contributed by atoms with Gasteiger partial charge in [-0.1, -0.05) is 55.3 Å². The zero-order valence-electron chi connectivity index (χ0n) is 15.1. The van der Waals surface area contributed by atoms with E-state index in [1.54, 1.807) is 0 Å². The summed E-state index contributed by atoms with van der Waals surface area (Å²) in [5, 5.41) is 0. The van der Waals surface area contributed by atoms with Crippen molar-refractivity contribution in [3.8, 4) is 11.1 Å². The molecule has 2 aliphatic carbocycles. The molecule has 0 radical (unpaired) electrons. The average molecular weight is 331 g/mol. The van der Waals surface area contributed by atoms with E-state index in [9.17, 15) is 0 Å². The first-order chi connectivity index (χ1) is 12.1. The normalized spacial score (nSPS) is 26.1. The molecule has 0 bridgehead atoms. The molecule has 2 heteroatoms. The van der Waals surface area contributed by atoms with Crippen molar-refractivity contribution in [2.24, 2.45) is 4.99 Å². The lowest BCUT2D eigenvalue weighted by Gasteiger charge is -2.34. The van der Waals surface area contributed by atoms with E-state index in [0.29, 0.717) is 6.61 Å². The van der Waals surface area contributed by atoms with Gasteiger partial charge in [0.1, 0.15) is 6.61 Å². The highest BCUT2D eigenvalue weighted by atomic mass is 16.5. The first-order valence-corrected chi connectivity index (χ1v) is 9.57. The van der Waals surface area contributed by atoms with Gasteiger partial charge in [-0.25, -0.2) is 4.99 Å². The second kappa shape index (κ2) is 5.20. The molecule has 2 nitrogen and oxygen atoms in total. The quantitative estimate of drug-likeness (QED) is 0.697. The Hall–Kier alpha value is -2.09. The lowest BCUT2D eigenvalue weighted by Crippen LogP contribution is -2.37. The van der Waals surface area contributed by atoms with Crippen molar-refractivity contribution >= 4 is 5.90 Å². The van der Waals surface area contributed by atoms with Gasteiger partial charge in [0.2, 0.25) is 0 Å². The highest BCUT2D eigenvalue weighted by Gasteiger charge is 2.51. The molecule has 0 saturated carbocycles. The van der Waals surface area contributed by atoms with Gasteiger partial charge < -0.3 is 4.74 Å². The van der Waals surface area contributed by atoms with E-state index >= 15 is 0 Å². The van der Waals surface area contributed by atoms with Crippen LogP contribution in [0.4, 0.5) is 0 Å². The van der Waals surface area contributed by atoms with Crippen molar-refractivity contribution in [3.63, 3.8) is 0 Å². The van der Waals surface area contributed by atoms with Crippen LogP contribution in [-0.4, -0.2) is 18.0 Å². The maximum absolute atomic E-state index is 6.30. The minimum Gasteiger partial charge on any atom is -0.478 e. The van der Waals surface area contributed by atoms with E-state index < -0.39 is 0 Å². The first kappa shape index (κ1) is 15.2. The predicted molar refractivity (Wildman–Crippen MR) is 102 cm³/mol. The molecule has 1 aliphatic heterocycles. The number of aryl methyl sites for hydroxylation is 1. The Labute approximate surface area is 149 Å². The molecule has 0 N–H and O–H groups in total. The molecule has 0 spiro atoms. The van der Waals surface area contributed by atoms with Crippen LogP contribution in [0.15, 0.2) is 47.5 Å². The summed E-state index contributed by atoms with van der Waals surface area (Å²) in [4.78, 5) is 5.08. The Kier molecular flexibility index (Phi) is 3.16. The molecule has 0 amide bonds. The number of ether oxygens (including phenoxy) is 1. The lowest BCUT2D eigenvalue weighted by atomic mass is 9.70. The minimum atomic E-state index is -0.184. The van der Waals surface area contributed by atoms with E-state index in [0.717, 1.165) is 18.7 Å². The third kappa shape index (κ3) is 2.06. The number of aliphatic imine (C=N–C) groups is 1. The van der Waals surface area contributed by atoms with Gasteiger partial charge >= 0.3 is 0 Å². The molecule has 1 heterocycles. The molecular weight excluding hydrogens is 306 g/mol. The zero-order valence-corrected chi connectivity index (χ0v) is 15.1. The highest BCUT2D eigenvalue weighted by Crippen LogP contribution is 2.55. The van der Waals surface area contributed by atoms with Gasteiger partial charge in [0.15, 0.2) is 5.90 Å². The van der Waals surface area contributed by atoms with Gasteiger partial charge in [0, 0.05) is 0 Å². The molecule has 1 unspecified atom stereocenters. The fourth-order valence-electron chi connectivity index (χ4n) is 5.04. The molecule has 0 saturated heterocycles. The monoisotopic (exact) mass is 331 g/mol. The molecule has 25 heavy (non-hydrogen) atoms. The van der Waals surface area contributed by atoms with Crippen molar-refractivity contribution in [1.29, 1.82) is 0 Å². The fraction of sp³-hybridized carbons (Fsp3) is 0.435. The molecule has 1 atom stereocenters. The van der Waals surface area contributed by atoms with Crippen molar-refractivity contribution in [2.75, 3.05) is 6.61 Å². The SMILES string of the molecule is CC1(C)COC(C23CCCCCc4cccc(c42)-c2ccccc23)=N1. The molecule has 2 aromatic rings. The largest absolute Gasteiger partial charge is 0.478 e. The summed E-state index contributed by atoms with van der Waals surface area (Å²) in [6, 6.07) is 15.8. The third-order valence-electron chi connectivity index (χ3n) is 6.08. The van der Waals surface area contributed by atoms with Crippen LogP contribution in [0, 0.1) is 0 Å². The van der Waals surface area contributed by atoms with Gasteiger partial charge in [0.25, 0.3) is 0 Å². The number of benzene rings is 2. The second-order valence-electron chi connectivity index (χ2n) is 8.37. The maximum Gasteiger partial charge on any atom is 0.199 e. The van der Waals surface area contributed by atoms with Gasteiger partial charge in [-0.05, 0) is 60.9 Å². The number of nitrogens with zero attached hydrogens (tertiary/aromatic N) is 1. The maximum atomic E-state index is 6.30. The van der Waals surface area contributed by atoms with E-state index in [2.05, 4.69) is 56.3 Å². The molecule has 3 aliphatic rings. The van der Waals surface area contributed by atoms with Crippen LogP contribution in [0.1, 0.15) is 56.2 Å². The van der Waals surface area contributed by atoms with Gasteiger partial charge in [-0.3, -0.25) is 0 Å². The van der Waals surface area contributed by atoms with Crippen molar-refractivity contribution in [3.05, 3.63) is 59.2 Å². The second-order valence-corrected chi connectivity index (χ2v) is 8.37. The van der Waals surface area contributed by atoms with Gasteiger partial charge in [0.05, 0.1) is 11.0 Å². The summed E-state index contributed by atoms with van der Waals surface area (Å²) in [7, 11) is 0. The van der Waals surface area contributed by atoms with Crippen LogP contribution in [0.25, 0.3) is 11.1 Å². The zero-order chi connectivity index (χ0) is 17.1. The van der Waals surface area contributed by atoms with E-state index in [-0.39, 0.29) is 11.0 Å². The number of fused-ring (bicyclic) bond motifs is 3. The van der Waals surface area contributed by atoms with Crippen LogP contribution in [-0.2, 0) is 16.6 Å². The predicted octanol–water partition coefficient (Wildman–Crippen LogP) is 5.28. The number of hydrogen-bond donors (Lipinski definition) is 0. The van der Waals surface area contributed by atoms with Crippen LogP contribution < -0.4 is 0 Å². The molecule has 0 aromatic heterocycles. The summed E-state index contributed by atoms with van der Waals surface area (Å²) in [6.45, 7) is 5.03. The Bertz CT molecular complexity index is 879. The Morgan fingerprint density at radius 1 is 0.920 bits per heavy atom. The standard InChI is InChI=1S/C23H25NO/c1-22(2)15-25-21(24-22)23-14-7-3-4-9-16-10-8-12-18(20(16)23)17-11-5-6-13-19(17)23/h5-6,8,10-13H,3-4,7,9,14-15H2,1-2H3. The third-order valence-corrected chi connectivity index (χ3v) is 6.08. The Balaban J connectivity index is 1.86.